The average molecular weight is 192 g/mol. The van der Waals surface area contributed by atoms with Crippen LogP contribution in [0, 0.1) is 24.2 Å². The summed E-state index contributed by atoms with van der Waals surface area (Å²) in [6.07, 6.45) is 7.32. The van der Waals surface area contributed by atoms with Crippen LogP contribution in [0.3, 0.4) is 0 Å². The topological polar surface area (TPSA) is 32.3 Å². The summed E-state index contributed by atoms with van der Waals surface area (Å²) in [6.45, 7) is 3.91. The third-order valence-corrected chi connectivity index (χ3v) is 3.43. The fourth-order valence-corrected chi connectivity index (χ4v) is 2.51. The Bertz CT molecular complexity index is 255. The van der Waals surface area contributed by atoms with E-state index in [1.807, 2.05) is 4.90 Å². The van der Waals surface area contributed by atoms with Gasteiger partial charge in [-0.25, -0.2) is 0 Å². The Balaban J connectivity index is 1.96. The number of nitrogens with zero attached hydrogens (tertiary/aromatic N) is 1. The lowest BCUT2D eigenvalue weighted by Crippen LogP contribution is -2.31. The van der Waals surface area contributed by atoms with E-state index >= 15 is 0 Å². The van der Waals surface area contributed by atoms with E-state index in [9.17, 15) is 4.79 Å². The number of amides is 1. The summed E-state index contributed by atoms with van der Waals surface area (Å²) >= 11 is 0. The second-order valence-electron chi connectivity index (χ2n) is 4.19. The van der Waals surface area contributed by atoms with Crippen molar-refractivity contribution in [2.45, 2.75) is 12.8 Å². The van der Waals surface area contributed by atoms with Crippen LogP contribution in [0.1, 0.15) is 12.8 Å². The highest BCUT2D eigenvalue weighted by atomic mass is 16.2. The Hall–Kier alpha value is -1.01. The minimum absolute atomic E-state index is 0.141. The first-order valence-electron chi connectivity index (χ1n) is 5.27. The molecule has 2 aliphatic heterocycles. The van der Waals surface area contributed by atoms with Crippen molar-refractivity contribution in [3.8, 4) is 12.3 Å². The van der Waals surface area contributed by atoms with Crippen molar-refractivity contribution in [3.05, 3.63) is 0 Å². The van der Waals surface area contributed by atoms with Crippen LogP contribution >= 0.6 is 0 Å². The highest BCUT2D eigenvalue weighted by Gasteiger charge is 2.30. The van der Waals surface area contributed by atoms with Crippen molar-refractivity contribution in [2.24, 2.45) is 11.8 Å². The molecule has 2 saturated heterocycles. The Labute approximate surface area is 84.8 Å². The molecule has 0 aromatic carbocycles. The van der Waals surface area contributed by atoms with E-state index in [1.54, 1.807) is 0 Å². The second-order valence-corrected chi connectivity index (χ2v) is 4.19. The second kappa shape index (κ2) is 4.02. The zero-order chi connectivity index (χ0) is 9.97. The van der Waals surface area contributed by atoms with Crippen molar-refractivity contribution < 1.29 is 4.79 Å². The first kappa shape index (κ1) is 9.54. The smallest absolute Gasteiger partial charge is 0.298 e. The molecule has 0 radical (unpaired) electrons. The molecule has 2 rings (SSSR count). The van der Waals surface area contributed by atoms with Crippen LogP contribution in [0.4, 0.5) is 0 Å². The van der Waals surface area contributed by atoms with Crippen LogP contribution in [0.25, 0.3) is 0 Å². The van der Waals surface area contributed by atoms with Crippen molar-refractivity contribution in [3.63, 3.8) is 0 Å². The number of rotatable bonds is 0. The largest absolute Gasteiger partial charge is 0.332 e. The average Bonchev–Trinajstić information content (AvgIpc) is 2.56. The number of hydrogen-bond donors (Lipinski definition) is 1. The van der Waals surface area contributed by atoms with E-state index in [2.05, 4.69) is 11.2 Å². The van der Waals surface area contributed by atoms with Gasteiger partial charge in [-0.2, -0.15) is 0 Å². The van der Waals surface area contributed by atoms with Gasteiger partial charge in [0, 0.05) is 13.1 Å². The Morgan fingerprint density at radius 2 is 1.86 bits per heavy atom. The van der Waals surface area contributed by atoms with Gasteiger partial charge in [-0.3, -0.25) is 4.79 Å². The molecule has 1 N–H and O–H groups in total. The van der Waals surface area contributed by atoms with Crippen LogP contribution in [-0.4, -0.2) is 37.0 Å². The van der Waals surface area contributed by atoms with Gasteiger partial charge in [-0.15, -0.1) is 6.42 Å². The molecule has 2 aliphatic rings. The SMILES string of the molecule is C#CC(=O)N1CCC2CNCC2CC1. The van der Waals surface area contributed by atoms with Crippen LogP contribution < -0.4 is 5.32 Å². The molecule has 2 unspecified atom stereocenters. The third kappa shape index (κ3) is 1.76. The number of nitrogens with one attached hydrogen (secondary N) is 1. The maximum atomic E-state index is 11.3. The number of hydrogen-bond acceptors (Lipinski definition) is 2. The van der Waals surface area contributed by atoms with Gasteiger partial charge in [0.15, 0.2) is 0 Å². The molecule has 0 aromatic heterocycles. The van der Waals surface area contributed by atoms with Crippen LogP contribution in [0.15, 0.2) is 0 Å². The summed E-state index contributed by atoms with van der Waals surface area (Å²) in [4.78, 5) is 13.1. The third-order valence-electron chi connectivity index (χ3n) is 3.43. The first-order valence-corrected chi connectivity index (χ1v) is 5.27. The lowest BCUT2D eigenvalue weighted by Gasteiger charge is -2.17. The minimum atomic E-state index is -0.141. The zero-order valence-corrected chi connectivity index (χ0v) is 8.33. The summed E-state index contributed by atoms with van der Waals surface area (Å²) in [6, 6.07) is 0. The molecule has 1 amide bonds. The molecule has 0 aromatic rings. The Morgan fingerprint density at radius 3 is 2.36 bits per heavy atom. The van der Waals surface area contributed by atoms with Crippen LogP contribution in [0.5, 0.6) is 0 Å². The molecule has 76 valence electrons. The highest BCUT2D eigenvalue weighted by molar-refractivity contribution is 5.92. The molecule has 3 nitrogen and oxygen atoms in total. The molecule has 2 atom stereocenters. The number of fused-ring (bicyclic) bond motifs is 1. The fourth-order valence-electron chi connectivity index (χ4n) is 2.51. The fraction of sp³-hybridized carbons (Fsp3) is 0.727. The summed E-state index contributed by atoms with van der Waals surface area (Å²) in [5, 5.41) is 3.41. The maximum absolute atomic E-state index is 11.3. The minimum Gasteiger partial charge on any atom is -0.332 e. The molecule has 0 spiro atoms. The van der Waals surface area contributed by atoms with Crippen molar-refractivity contribution in [2.75, 3.05) is 26.2 Å². The van der Waals surface area contributed by atoms with E-state index in [0.717, 1.165) is 50.9 Å². The van der Waals surface area contributed by atoms with Crippen LogP contribution in [0.2, 0.25) is 0 Å². The highest BCUT2D eigenvalue weighted by Crippen LogP contribution is 2.26. The van der Waals surface area contributed by atoms with Gasteiger partial charge in [-0.1, -0.05) is 0 Å². The molecule has 2 fully saturated rings. The summed E-state index contributed by atoms with van der Waals surface area (Å²) < 4.78 is 0. The monoisotopic (exact) mass is 192 g/mol. The molecular weight excluding hydrogens is 176 g/mol. The summed E-state index contributed by atoms with van der Waals surface area (Å²) in [5.74, 6) is 3.57. The molecule has 0 saturated carbocycles. The lowest BCUT2D eigenvalue weighted by atomic mass is 9.92. The molecule has 3 heteroatoms. The van der Waals surface area contributed by atoms with E-state index in [4.69, 9.17) is 6.42 Å². The maximum Gasteiger partial charge on any atom is 0.298 e. The van der Waals surface area contributed by atoms with E-state index in [1.165, 1.54) is 0 Å². The molecule has 0 bridgehead atoms. The molecule has 2 heterocycles. The number of carbonyl (C=O) groups is 1. The van der Waals surface area contributed by atoms with Gasteiger partial charge in [0.2, 0.25) is 0 Å². The molecule has 14 heavy (non-hydrogen) atoms. The van der Waals surface area contributed by atoms with E-state index in [-0.39, 0.29) is 5.91 Å². The van der Waals surface area contributed by atoms with Gasteiger partial charge in [0.05, 0.1) is 0 Å². The lowest BCUT2D eigenvalue weighted by molar-refractivity contribution is -0.125. The molecule has 0 aliphatic carbocycles. The summed E-state index contributed by atoms with van der Waals surface area (Å²) in [5.41, 5.74) is 0. The van der Waals surface area contributed by atoms with Gasteiger partial charge in [0.25, 0.3) is 5.91 Å². The zero-order valence-electron chi connectivity index (χ0n) is 8.33. The van der Waals surface area contributed by atoms with Crippen LogP contribution in [-0.2, 0) is 4.79 Å². The van der Waals surface area contributed by atoms with Gasteiger partial charge < -0.3 is 10.2 Å². The van der Waals surface area contributed by atoms with E-state index in [0.29, 0.717) is 0 Å². The quantitative estimate of drug-likeness (QED) is 0.551. The first-order chi connectivity index (χ1) is 6.81. The molecular formula is C11H16N2O. The predicted molar refractivity (Wildman–Crippen MR) is 54.5 cm³/mol. The summed E-state index contributed by atoms with van der Waals surface area (Å²) in [7, 11) is 0. The number of carbonyl (C=O) groups excluding carboxylic acids is 1. The Kier molecular flexibility index (Phi) is 2.74. The Morgan fingerprint density at radius 1 is 1.29 bits per heavy atom. The van der Waals surface area contributed by atoms with Crippen molar-refractivity contribution >= 4 is 5.91 Å². The van der Waals surface area contributed by atoms with Gasteiger partial charge >= 0.3 is 0 Å². The predicted octanol–water partition coefficient (Wildman–Crippen LogP) is 0.0776. The standard InChI is InChI=1S/C11H16N2O/c1-2-11(14)13-5-3-9-7-12-8-10(9)4-6-13/h1,9-10,12H,3-8H2. The van der Waals surface area contributed by atoms with Gasteiger partial charge in [-0.05, 0) is 43.7 Å². The normalized spacial score (nSPS) is 31.8. The number of likely N-dealkylation sites (tertiary alicyclic amines) is 1. The van der Waals surface area contributed by atoms with Crippen molar-refractivity contribution in [1.82, 2.24) is 10.2 Å². The van der Waals surface area contributed by atoms with Crippen molar-refractivity contribution in [1.29, 1.82) is 0 Å². The van der Waals surface area contributed by atoms with Gasteiger partial charge in [0.1, 0.15) is 0 Å². The van der Waals surface area contributed by atoms with E-state index < -0.39 is 0 Å². The number of terminal acetylenes is 1.